The first-order valence-electron chi connectivity index (χ1n) is 4.58. The van der Waals surface area contributed by atoms with E-state index in [1.54, 1.807) is 12.4 Å². The molecule has 0 amide bonds. The number of rotatable bonds is 3. The zero-order valence-corrected chi connectivity index (χ0v) is 10.9. The Labute approximate surface area is 98.4 Å². The van der Waals surface area contributed by atoms with Crippen molar-refractivity contribution in [2.75, 3.05) is 6.61 Å². The third-order valence-corrected chi connectivity index (χ3v) is 2.24. The molecule has 0 radical (unpaired) electrons. The van der Waals surface area contributed by atoms with E-state index >= 15 is 0 Å². The number of ether oxygens (including phenoxy) is 1. The monoisotopic (exact) mass is 306 g/mol. The van der Waals surface area contributed by atoms with Crippen molar-refractivity contribution in [3.05, 3.63) is 16.0 Å². The highest BCUT2D eigenvalue weighted by molar-refractivity contribution is 14.1. The maximum atomic E-state index is 5.41. The number of hydrogen-bond acceptors (Lipinski definition) is 3. The third kappa shape index (κ3) is 4.74. The predicted molar refractivity (Wildman–Crippen MR) is 64.3 cm³/mol. The minimum Gasteiger partial charge on any atom is -0.463 e. The molecule has 0 saturated carbocycles. The van der Waals surface area contributed by atoms with Crippen LogP contribution in [0.1, 0.15) is 27.2 Å². The van der Waals surface area contributed by atoms with E-state index in [0.29, 0.717) is 18.0 Å². The summed E-state index contributed by atoms with van der Waals surface area (Å²) in [7, 11) is 0. The summed E-state index contributed by atoms with van der Waals surface area (Å²) in [5.41, 5.74) is 0.295. The molecule has 0 aliphatic heterocycles. The maximum absolute atomic E-state index is 5.41. The summed E-state index contributed by atoms with van der Waals surface area (Å²) in [5, 5.41) is 0. The number of nitrogens with zero attached hydrogens (tertiary/aromatic N) is 2. The molecule has 0 atom stereocenters. The average Bonchev–Trinajstić information content (AvgIpc) is 2.06. The van der Waals surface area contributed by atoms with E-state index in [2.05, 4.69) is 53.3 Å². The first kappa shape index (κ1) is 11.7. The summed E-state index contributed by atoms with van der Waals surface area (Å²) < 4.78 is 6.43. The maximum Gasteiger partial charge on any atom is 0.316 e. The van der Waals surface area contributed by atoms with Crippen LogP contribution in [-0.4, -0.2) is 16.6 Å². The fourth-order valence-corrected chi connectivity index (χ4v) is 1.10. The van der Waals surface area contributed by atoms with Crippen molar-refractivity contribution in [3.63, 3.8) is 0 Å². The minimum atomic E-state index is 0.295. The van der Waals surface area contributed by atoms with Crippen LogP contribution in [0.5, 0.6) is 6.01 Å². The van der Waals surface area contributed by atoms with E-state index in [9.17, 15) is 0 Å². The fraction of sp³-hybridized carbons (Fsp3) is 0.600. The molecule has 0 fully saturated rings. The molecule has 3 nitrogen and oxygen atoms in total. The molecule has 4 heteroatoms. The van der Waals surface area contributed by atoms with Gasteiger partial charge in [0.05, 0.1) is 6.61 Å². The van der Waals surface area contributed by atoms with E-state index < -0.39 is 0 Å². The average molecular weight is 306 g/mol. The van der Waals surface area contributed by atoms with Crippen LogP contribution in [0.15, 0.2) is 12.4 Å². The van der Waals surface area contributed by atoms with Crippen LogP contribution in [0.4, 0.5) is 0 Å². The molecule has 0 aliphatic rings. The van der Waals surface area contributed by atoms with Gasteiger partial charge < -0.3 is 4.74 Å². The van der Waals surface area contributed by atoms with Gasteiger partial charge in [-0.2, -0.15) is 0 Å². The number of halogens is 1. The molecule has 0 spiro atoms. The predicted octanol–water partition coefficient (Wildman–Crippen LogP) is 2.90. The molecule has 1 aromatic rings. The Balaban J connectivity index is 2.35. The lowest BCUT2D eigenvalue weighted by Crippen LogP contribution is -2.12. The molecular weight excluding hydrogens is 291 g/mol. The van der Waals surface area contributed by atoms with Crippen LogP contribution < -0.4 is 4.74 Å². The zero-order valence-electron chi connectivity index (χ0n) is 8.75. The van der Waals surface area contributed by atoms with Gasteiger partial charge in [0, 0.05) is 16.0 Å². The Morgan fingerprint density at radius 3 is 2.36 bits per heavy atom. The molecule has 1 heterocycles. The SMILES string of the molecule is CC(C)(C)CCOc1ncc(I)cn1. The second-order valence-corrected chi connectivity index (χ2v) is 5.59. The quantitative estimate of drug-likeness (QED) is 0.806. The van der Waals surface area contributed by atoms with Gasteiger partial charge >= 0.3 is 6.01 Å². The van der Waals surface area contributed by atoms with E-state index in [1.165, 1.54) is 0 Å². The highest BCUT2D eigenvalue weighted by atomic mass is 127. The molecule has 78 valence electrons. The van der Waals surface area contributed by atoms with Gasteiger partial charge in [-0.05, 0) is 34.4 Å². The van der Waals surface area contributed by atoms with Crippen LogP contribution in [0, 0.1) is 8.99 Å². The molecule has 0 aromatic carbocycles. The van der Waals surface area contributed by atoms with Gasteiger partial charge in [-0.15, -0.1) is 0 Å². The van der Waals surface area contributed by atoms with Gasteiger partial charge in [0.1, 0.15) is 0 Å². The first-order chi connectivity index (χ1) is 6.47. The molecular formula is C10H15IN2O. The lowest BCUT2D eigenvalue weighted by atomic mass is 9.93. The van der Waals surface area contributed by atoms with Crippen molar-refractivity contribution < 1.29 is 4.74 Å². The summed E-state index contributed by atoms with van der Waals surface area (Å²) >= 11 is 2.17. The third-order valence-electron chi connectivity index (χ3n) is 1.68. The van der Waals surface area contributed by atoms with Crippen LogP contribution in [0.3, 0.4) is 0 Å². The first-order valence-corrected chi connectivity index (χ1v) is 5.66. The van der Waals surface area contributed by atoms with Crippen molar-refractivity contribution in [1.29, 1.82) is 0 Å². The molecule has 0 bridgehead atoms. The molecule has 0 N–H and O–H groups in total. The lowest BCUT2D eigenvalue weighted by molar-refractivity contribution is 0.229. The smallest absolute Gasteiger partial charge is 0.316 e. The van der Waals surface area contributed by atoms with Crippen molar-refractivity contribution in [2.24, 2.45) is 5.41 Å². The number of hydrogen-bond donors (Lipinski definition) is 0. The summed E-state index contributed by atoms with van der Waals surface area (Å²) in [6, 6.07) is 0.467. The van der Waals surface area contributed by atoms with E-state index in [1.807, 2.05) is 0 Å². The molecule has 0 saturated heterocycles. The van der Waals surface area contributed by atoms with Gasteiger partial charge in [0.25, 0.3) is 0 Å². The number of aromatic nitrogens is 2. The molecule has 14 heavy (non-hydrogen) atoms. The van der Waals surface area contributed by atoms with Crippen molar-refractivity contribution in [1.82, 2.24) is 9.97 Å². The summed E-state index contributed by atoms with van der Waals surface area (Å²) in [6.45, 7) is 7.23. The van der Waals surface area contributed by atoms with Crippen molar-refractivity contribution in [3.8, 4) is 6.01 Å². The van der Waals surface area contributed by atoms with Gasteiger partial charge in [0.15, 0.2) is 0 Å². The highest BCUT2D eigenvalue weighted by Gasteiger charge is 2.10. The molecule has 1 aromatic heterocycles. The standard InChI is InChI=1S/C10H15IN2O/c1-10(2,3)4-5-14-9-12-6-8(11)7-13-9/h6-7H,4-5H2,1-3H3. The summed E-state index contributed by atoms with van der Waals surface area (Å²) in [5.74, 6) is 0. The molecule has 1 rings (SSSR count). The second kappa shape index (κ2) is 4.91. The normalized spacial score (nSPS) is 11.4. The van der Waals surface area contributed by atoms with E-state index in [4.69, 9.17) is 4.74 Å². The largest absolute Gasteiger partial charge is 0.463 e. The fourth-order valence-electron chi connectivity index (χ4n) is 0.823. The van der Waals surface area contributed by atoms with Crippen LogP contribution >= 0.6 is 22.6 Å². The Morgan fingerprint density at radius 2 is 1.86 bits per heavy atom. The Kier molecular flexibility index (Phi) is 4.10. The van der Waals surface area contributed by atoms with Crippen LogP contribution in [0.2, 0.25) is 0 Å². The lowest BCUT2D eigenvalue weighted by Gasteiger charge is -2.17. The van der Waals surface area contributed by atoms with Crippen LogP contribution in [-0.2, 0) is 0 Å². The Morgan fingerprint density at radius 1 is 1.29 bits per heavy atom. The van der Waals surface area contributed by atoms with Crippen molar-refractivity contribution in [2.45, 2.75) is 27.2 Å². The second-order valence-electron chi connectivity index (χ2n) is 4.34. The van der Waals surface area contributed by atoms with Gasteiger partial charge in [-0.25, -0.2) is 9.97 Å². The molecule has 0 unspecified atom stereocenters. The van der Waals surface area contributed by atoms with Crippen LogP contribution in [0.25, 0.3) is 0 Å². The van der Waals surface area contributed by atoms with Gasteiger partial charge in [-0.1, -0.05) is 20.8 Å². The topological polar surface area (TPSA) is 35.0 Å². The minimum absolute atomic E-state index is 0.295. The summed E-state index contributed by atoms with van der Waals surface area (Å²) in [6.07, 6.45) is 4.50. The van der Waals surface area contributed by atoms with Gasteiger partial charge in [0.2, 0.25) is 0 Å². The van der Waals surface area contributed by atoms with Gasteiger partial charge in [-0.3, -0.25) is 0 Å². The molecule has 0 aliphatic carbocycles. The van der Waals surface area contributed by atoms with E-state index in [-0.39, 0.29) is 0 Å². The zero-order chi connectivity index (χ0) is 10.6. The Bertz CT molecular complexity index is 279. The Hall–Kier alpha value is -0.390. The van der Waals surface area contributed by atoms with E-state index in [0.717, 1.165) is 9.99 Å². The van der Waals surface area contributed by atoms with Crippen molar-refractivity contribution >= 4 is 22.6 Å². The summed E-state index contributed by atoms with van der Waals surface area (Å²) in [4.78, 5) is 8.11. The highest BCUT2D eigenvalue weighted by Crippen LogP contribution is 2.18.